The molecule has 2 amide bonds. The Bertz CT molecular complexity index is 1270. The van der Waals surface area contributed by atoms with E-state index >= 15 is 0 Å². The second-order valence-corrected chi connectivity index (χ2v) is 7.95. The topological polar surface area (TPSA) is 107 Å². The zero-order chi connectivity index (χ0) is 24.8. The Kier molecular flexibility index (Phi) is 6.84. The summed E-state index contributed by atoms with van der Waals surface area (Å²) in [5.41, 5.74) is 9.50. The number of hydrogen-bond donors (Lipinski definition) is 2. The number of benzene rings is 2. The van der Waals surface area contributed by atoms with Crippen LogP contribution in [0.15, 0.2) is 97.6 Å². The van der Waals surface area contributed by atoms with Gasteiger partial charge in [-0.05, 0) is 43.3 Å². The minimum Gasteiger partial charge on any atom is -0.423 e. The molecular weight excluding hydrogens is 442 g/mol. The highest BCUT2D eigenvalue weighted by Crippen LogP contribution is 2.44. The highest BCUT2D eigenvalue weighted by Gasteiger charge is 2.49. The van der Waals surface area contributed by atoms with Crippen LogP contribution < -0.4 is 15.5 Å². The van der Waals surface area contributed by atoms with Gasteiger partial charge in [-0.2, -0.15) is 4.79 Å². The number of anilines is 2. The van der Waals surface area contributed by atoms with Gasteiger partial charge in [-0.15, -0.1) is 4.48 Å². The SMILES string of the molecule is COC(=O)[N+](c1cccnc1)(c1cccnc1)C(C)c1ccc(C(=O)Nc2ccccc2N)cc1. The first-order chi connectivity index (χ1) is 17.0. The number of nitrogen functional groups attached to an aromatic ring is 1. The number of para-hydroxylation sites is 2. The maximum atomic E-state index is 13.5. The lowest BCUT2D eigenvalue weighted by Crippen LogP contribution is -2.51. The summed E-state index contributed by atoms with van der Waals surface area (Å²) in [6.07, 6.45) is 6.10. The van der Waals surface area contributed by atoms with Gasteiger partial charge >= 0.3 is 6.09 Å². The van der Waals surface area contributed by atoms with Crippen LogP contribution in [0.25, 0.3) is 0 Å². The van der Waals surface area contributed by atoms with Crippen LogP contribution in [0.2, 0.25) is 0 Å². The number of nitrogens with zero attached hydrogens (tertiary/aromatic N) is 3. The number of pyridine rings is 2. The van der Waals surface area contributed by atoms with E-state index in [0.717, 1.165) is 5.56 Å². The molecule has 0 radical (unpaired) electrons. The summed E-state index contributed by atoms with van der Waals surface area (Å²) in [5, 5.41) is 2.83. The van der Waals surface area contributed by atoms with Crippen molar-refractivity contribution in [1.82, 2.24) is 14.5 Å². The van der Waals surface area contributed by atoms with Crippen molar-refractivity contribution in [3.63, 3.8) is 0 Å². The molecule has 4 aromatic rings. The molecule has 1 atom stereocenters. The van der Waals surface area contributed by atoms with E-state index in [-0.39, 0.29) is 10.4 Å². The third-order valence-corrected chi connectivity index (χ3v) is 6.01. The number of carbonyl (C=O) groups is 2. The van der Waals surface area contributed by atoms with Crippen molar-refractivity contribution >= 4 is 34.7 Å². The van der Waals surface area contributed by atoms with Crippen molar-refractivity contribution in [1.29, 1.82) is 0 Å². The number of nitrogens with two attached hydrogens (primary N) is 1. The van der Waals surface area contributed by atoms with Gasteiger partial charge in [0.2, 0.25) is 0 Å². The fourth-order valence-electron chi connectivity index (χ4n) is 4.18. The predicted octanol–water partition coefficient (Wildman–Crippen LogP) is 5.48. The standard InChI is InChI=1S/C27H25N5O3/c1-19(20-11-13-21(14-12-20)26(33)31-25-10-4-3-9-24(25)28)32(27(34)35-2,22-7-5-15-29-17-22)23-8-6-16-30-18-23/h3-19H,28H2,1-2H3/p+1. The highest BCUT2D eigenvalue weighted by atomic mass is 16.5. The molecule has 8 nitrogen and oxygen atoms in total. The molecule has 8 heteroatoms. The maximum absolute atomic E-state index is 13.5. The van der Waals surface area contributed by atoms with E-state index in [1.165, 1.54) is 7.11 Å². The lowest BCUT2D eigenvalue weighted by molar-refractivity contribution is 0.102. The summed E-state index contributed by atoms with van der Waals surface area (Å²) in [5.74, 6) is -0.282. The smallest absolute Gasteiger partial charge is 0.423 e. The van der Waals surface area contributed by atoms with Crippen LogP contribution in [0, 0.1) is 0 Å². The van der Waals surface area contributed by atoms with Crippen LogP contribution in [0.4, 0.5) is 27.5 Å². The average molecular weight is 469 g/mol. The Morgan fingerprint density at radius 2 is 1.49 bits per heavy atom. The molecule has 2 aromatic heterocycles. The van der Waals surface area contributed by atoms with Crippen molar-refractivity contribution < 1.29 is 14.3 Å². The molecule has 0 saturated heterocycles. The molecule has 0 spiro atoms. The second-order valence-electron chi connectivity index (χ2n) is 7.95. The van der Waals surface area contributed by atoms with Crippen LogP contribution in [-0.2, 0) is 4.74 Å². The maximum Gasteiger partial charge on any atom is 0.526 e. The Morgan fingerprint density at radius 1 is 0.886 bits per heavy atom. The molecule has 0 aliphatic carbocycles. The molecule has 0 aliphatic rings. The number of ether oxygens (including phenoxy) is 1. The zero-order valence-electron chi connectivity index (χ0n) is 19.5. The van der Waals surface area contributed by atoms with Gasteiger partial charge in [0.25, 0.3) is 5.91 Å². The largest absolute Gasteiger partial charge is 0.526 e. The van der Waals surface area contributed by atoms with Crippen molar-refractivity contribution in [3.8, 4) is 0 Å². The van der Waals surface area contributed by atoms with E-state index in [9.17, 15) is 9.59 Å². The highest BCUT2D eigenvalue weighted by molar-refractivity contribution is 6.05. The fourth-order valence-corrected chi connectivity index (χ4v) is 4.18. The number of nitrogens with one attached hydrogen (secondary N) is 1. The number of rotatable bonds is 6. The van der Waals surface area contributed by atoms with Gasteiger partial charge < -0.3 is 15.8 Å². The molecule has 0 bridgehead atoms. The third kappa shape index (κ3) is 4.47. The molecular formula is C27H26N5O3+. The Labute approximate surface area is 203 Å². The van der Waals surface area contributed by atoms with Crippen LogP contribution in [0.1, 0.15) is 28.9 Å². The number of hydrogen-bond acceptors (Lipinski definition) is 6. The van der Waals surface area contributed by atoms with Crippen LogP contribution in [0.3, 0.4) is 0 Å². The lowest BCUT2D eigenvalue weighted by Gasteiger charge is -2.37. The molecule has 35 heavy (non-hydrogen) atoms. The first-order valence-electron chi connectivity index (χ1n) is 11.0. The lowest BCUT2D eigenvalue weighted by atomic mass is 10.0. The Hall–Kier alpha value is -4.56. The number of quaternary nitrogens is 1. The molecule has 4 rings (SSSR count). The van der Waals surface area contributed by atoms with Gasteiger partial charge in [-0.25, -0.2) is 0 Å². The van der Waals surface area contributed by atoms with Crippen LogP contribution in [0.5, 0.6) is 0 Å². The fraction of sp³-hybridized carbons (Fsp3) is 0.111. The van der Waals surface area contributed by atoms with Crippen molar-refractivity contribution in [2.75, 3.05) is 18.2 Å². The van der Waals surface area contributed by atoms with E-state index in [1.54, 1.807) is 73.3 Å². The molecule has 0 saturated carbocycles. The number of methoxy groups -OCH3 is 1. The molecule has 0 fully saturated rings. The van der Waals surface area contributed by atoms with Gasteiger partial charge in [0.15, 0.2) is 11.4 Å². The van der Waals surface area contributed by atoms with Gasteiger partial charge in [0.1, 0.15) is 6.04 Å². The molecule has 1 unspecified atom stereocenters. The Morgan fingerprint density at radius 3 is 2.00 bits per heavy atom. The van der Waals surface area contributed by atoms with E-state index in [0.29, 0.717) is 28.3 Å². The van der Waals surface area contributed by atoms with Crippen molar-refractivity contribution in [3.05, 3.63) is 109 Å². The van der Waals surface area contributed by atoms with E-state index in [2.05, 4.69) is 15.3 Å². The molecule has 176 valence electrons. The summed E-state index contributed by atoms with van der Waals surface area (Å²) in [6.45, 7) is 1.93. The normalized spacial score (nSPS) is 11.9. The van der Waals surface area contributed by atoms with Crippen molar-refractivity contribution in [2.45, 2.75) is 13.0 Å². The second kappa shape index (κ2) is 10.1. The quantitative estimate of drug-likeness (QED) is 0.287. The van der Waals surface area contributed by atoms with Crippen molar-refractivity contribution in [2.24, 2.45) is 0 Å². The predicted molar refractivity (Wildman–Crippen MR) is 136 cm³/mol. The first kappa shape index (κ1) is 23.6. The summed E-state index contributed by atoms with van der Waals surface area (Å²) in [7, 11) is 1.36. The molecule has 0 aliphatic heterocycles. The molecule has 3 N–H and O–H groups in total. The number of amides is 2. The van der Waals surface area contributed by atoms with Gasteiger partial charge in [-0.1, -0.05) is 24.3 Å². The number of aromatic nitrogens is 2. The van der Waals surface area contributed by atoms with Crippen LogP contribution in [-0.4, -0.2) is 29.1 Å². The third-order valence-electron chi connectivity index (χ3n) is 6.01. The summed E-state index contributed by atoms with van der Waals surface area (Å²) in [4.78, 5) is 34.8. The zero-order valence-corrected chi connectivity index (χ0v) is 19.5. The summed E-state index contributed by atoms with van der Waals surface area (Å²) in [6, 6.07) is 21.0. The molecule has 2 aromatic carbocycles. The van der Waals surface area contributed by atoms with Gasteiger partial charge in [0, 0.05) is 35.7 Å². The summed E-state index contributed by atoms with van der Waals surface area (Å²) < 4.78 is 5.02. The van der Waals surface area contributed by atoms with E-state index < -0.39 is 12.1 Å². The minimum atomic E-state index is -0.486. The van der Waals surface area contributed by atoms with Gasteiger partial charge in [0.05, 0.1) is 30.9 Å². The van der Waals surface area contributed by atoms with E-state index in [1.807, 2.05) is 31.2 Å². The summed E-state index contributed by atoms with van der Waals surface area (Å²) >= 11 is 0. The van der Waals surface area contributed by atoms with Crippen LogP contribution >= 0.6 is 0 Å². The minimum absolute atomic E-state index is 0.282. The van der Waals surface area contributed by atoms with Gasteiger partial charge in [-0.3, -0.25) is 14.8 Å². The average Bonchev–Trinajstić information content (AvgIpc) is 2.91. The first-order valence-corrected chi connectivity index (χ1v) is 11.0. The molecule has 2 heterocycles. The number of carbonyl (C=O) groups excluding carboxylic acids is 2. The monoisotopic (exact) mass is 468 g/mol. The van der Waals surface area contributed by atoms with E-state index in [4.69, 9.17) is 10.5 Å². The Balaban J connectivity index is 1.74.